The van der Waals surface area contributed by atoms with Gasteiger partial charge < -0.3 is 4.74 Å². The van der Waals surface area contributed by atoms with E-state index in [0.717, 1.165) is 12.1 Å². The molecular weight excluding hydrogens is 254 g/mol. The van der Waals surface area contributed by atoms with Crippen LogP contribution in [0.2, 0.25) is 0 Å². The Hall–Kier alpha value is -1.78. The van der Waals surface area contributed by atoms with Gasteiger partial charge >= 0.3 is 11.9 Å². The molecule has 0 heterocycles. The molecule has 1 rings (SSSR count). The highest BCUT2D eigenvalue weighted by Gasteiger charge is 2.42. The summed E-state index contributed by atoms with van der Waals surface area (Å²) in [7, 11) is 0. The van der Waals surface area contributed by atoms with Crippen molar-refractivity contribution in [2.75, 3.05) is 6.61 Å². The Bertz CT molecular complexity index is 452. The topological polar surface area (TPSA) is 43.4 Å². The number of rotatable bonds is 6. The highest BCUT2D eigenvalue weighted by molar-refractivity contribution is 5.96. The van der Waals surface area contributed by atoms with Gasteiger partial charge in [0.2, 0.25) is 0 Å². The highest BCUT2D eigenvalue weighted by Crippen LogP contribution is 2.29. The summed E-state index contributed by atoms with van der Waals surface area (Å²) < 4.78 is 31.6. The number of ether oxygens (including phenoxy) is 1. The summed E-state index contributed by atoms with van der Waals surface area (Å²) in [6.45, 7) is 3.21. The van der Waals surface area contributed by atoms with Crippen molar-refractivity contribution in [3.63, 3.8) is 0 Å². The molecule has 0 amide bonds. The number of carbonyl (C=O) groups is 2. The molecule has 0 spiro atoms. The zero-order valence-corrected chi connectivity index (χ0v) is 10.9. The molecule has 104 valence electrons. The number of ketones is 1. The normalized spacial score (nSPS) is 11.2. The molecule has 5 heteroatoms. The van der Waals surface area contributed by atoms with Crippen LogP contribution in [0.4, 0.5) is 8.78 Å². The highest BCUT2D eigenvalue weighted by atomic mass is 19.3. The molecule has 0 saturated heterocycles. The average Bonchev–Trinajstić information content (AvgIpc) is 2.39. The summed E-state index contributed by atoms with van der Waals surface area (Å²) in [5.74, 6) is -5.38. The molecule has 0 atom stereocenters. The van der Waals surface area contributed by atoms with Gasteiger partial charge in [0.15, 0.2) is 5.78 Å². The molecule has 0 aliphatic rings. The molecule has 0 saturated carbocycles. The first-order valence-corrected chi connectivity index (χ1v) is 6.12. The summed E-state index contributed by atoms with van der Waals surface area (Å²) >= 11 is 0. The summed E-state index contributed by atoms with van der Waals surface area (Å²) in [4.78, 5) is 22.7. The monoisotopic (exact) mass is 270 g/mol. The van der Waals surface area contributed by atoms with Crippen LogP contribution in [-0.4, -0.2) is 18.4 Å². The average molecular weight is 270 g/mol. The quantitative estimate of drug-likeness (QED) is 0.588. The minimum Gasteiger partial charge on any atom is -0.461 e. The largest absolute Gasteiger partial charge is 0.461 e. The predicted molar refractivity (Wildman–Crippen MR) is 66.2 cm³/mol. The summed E-state index contributed by atoms with van der Waals surface area (Å²) in [6, 6.07) is 4.78. The second kappa shape index (κ2) is 6.41. The second-order valence-corrected chi connectivity index (χ2v) is 4.05. The van der Waals surface area contributed by atoms with Gasteiger partial charge in [-0.15, -0.1) is 0 Å². The first kappa shape index (κ1) is 15.3. The van der Waals surface area contributed by atoms with E-state index < -0.39 is 17.5 Å². The van der Waals surface area contributed by atoms with E-state index >= 15 is 0 Å². The van der Waals surface area contributed by atoms with E-state index in [4.69, 9.17) is 0 Å². The van der Waals surface area contributed by atoms with Gasteiger partial charge in [-0.05, 0) is 13.3 Å². The van der Waals surface area contributed by atoms with Gasteiger partial charge in [0, 0.05) is 17.5 Å². The van der Waals surface area contributed by atoms with Crippen molar-refractivity contribution in [2.45, 2.75) is 32.6 Å². The SMILES string of the molecule is CCCC(=O)c1ccc(C(F)(F)C(=O)OCC)cc1. The lowest BCUT2D eigenvalue weighted by Crippen LogP contribution is -2.28. The molecular formula is C14H16F2O3. The maximum atomic E-state index is 13.7. The zero-order valence-electron chi connectivity index (χ0n) is 10.9. The van der Waals surface area contributed by atoms with Gasteiger partial charge in [0.25, 0.3) is 0 Å². The van der Waals surface area contributed by atoms with Crippen molar-refractivity contribution in [3.8, 4) is 0 Å². The van der Waals surface area contributed by atoms with E-state index in [0.29, 0.717) is 18.4 Å². The van der Waals surface area contributed by atoms with Crippen LogP contribution in [0, 0.1) is 0 Å². The predicted octanol–water partition coefficient (Wildman–Crippen LogP) is 3.32. The summed E-state index contributed by atoms with van der Waals surface area (Å²) in [5.41, 5.74) is -0.107. The van der Waals surface area contributed by atoms with Crippen LogP contribution in [0.3, 0.4) is 0 Å². The van der Waals surface area contributed by atoms with Crippen LogP contribution in [0.1, 0.15) is 42.6 Å². The molecule has 0 aromatic heterocycles. The third-order valence-electron chi connectivity index (χ3n) is 2.58. The van der Waals surface area contributed by atoms with Gasteiger partial charge in [-0.2, -0.15) is 8.78 Å². The minimum absolute atomic E-state index is 0.103. The lowest BCUT2D eigenvalue weighted by atomic mass is 10.0. The number of benzene rings is 1. The smallest absolute Gasteiger partial charge is 0.381 e. The van der Waals surface area contributed by atoms with E-state index in [1.54, 1.807) is 0 Å². The van der Waals surface area contributed by atoms with Gasteiger partial charge in [-0.3, -0.25) is 4.79 Å². The van der Waals surface area contributed by atoms with Gasteiger partial charge in [-0.1, -0.05) is 31.2 Å². The maximum Gasteiger partial charge on any atom is 0.381 e. The molecule has 0 unspecified atom stereocenters. The van der Waals surface area contributed by atoms with Crippen molar-refractivity contribution in [3.05, 3.63) is 35.4 Å². The van der Waals surface area contributed by atoms with E-state index in [9.17, 15) is 18.4 Å². The first-order valence-electron chi connectivity index (χ1n) is 6.12. The molecule has 0 radical (unpaired) electrons. The molecule has 1 aromatic carbocycles. The van der Waals surface area contributed by atoms with Crippen LogP contribution >= 0.6 is 0 Å². The van der Waals surface area contributed by atoms with Crippen molar-refractivity contribution < 1.29 is 23.1 Å². The van der Waals surface area contributed by atoms with E-state index in [-0.39, 0.29) is 12.4 Å². The van der Waals surface area contributed by atoms with Crippen LogP contribution < -0.4 is 0 Å². The zero-order chi connectivity index (χ0) is 14.5. The Morgan fingerprint density at radius 2 is 1.74 bits per heavy atom. The number of hydrogen-bond acceptors (Lipinski definition) is 3. The maximum absolute atomic E-state index is 13.7. The van der Waals surface area contributed by atoms with Gasteiger partial charge in [0.1, 0.15) is 0 Å². The van der Waals surface area contributed by atoms with Crippen molar-refractivity contribution >= 4 is 11.8 Å². The third-order valence-corrected chi connectivity index (χ3v) is 2.58. The number of alkyl halides is 2. The second-order valence-electron chi connectivity index (χ2n) is 4.05. The number of esters is 1. The lowest BCUT2D eigenvalue weighted by molar-refractivity contribution is -0.173. The number of halogens is 2. The van der Waals surface area contributed by atoms with Crippen molar-refractivity contribution in [1.29, 1.82) is 0 Å². The van der Waals surface area contributed by atoms with Crippen LogP contribution in [-0.2, 0) is 15.5 Å². The van der Waals surface area contributed by atoms with Gasteiger partial charge in [0.05, 0.1) is 6.61 Å². The minimum atomic E-state index is -3.69. The van der Waals surface area contributed by atoms with Crippen LogP contribution in [0.25, 0.3) is 0 Å². The van der Waals surface area contributed by atoms with Crippen molar-refractivity contribution in [1.82, 2.24) is 0 Å². The standard InChI is InChI=1S/C14H16F2O3/c1-3-5-12(17)10-6-8-11(9-7-10)14(15,16)13(18)19-4-2/h6-9H,3-5H2,1-2H3. The van der Waals surface area contributed by atoms with E-state index in [1.165, 1.54) is 19.1 Å². The van der Waals surface area contributed by atoms with Crippen LogP contribution in [0.15, 0.2) is 24.3 Å². The van der Waals surface area contributed by atoms with Crippen molar-refractivity contribution in [2.24, 2.45) is 0 Å². The Balaban J connectivity index is 2.92. The molecule has 3 nitrogen and oxygen atoms in total. The van der Waals surface area contributed by atoms with E-state index in [1.807, 2.05) is 6.92 Å². The van der Waals surface area contributed by atoms with E-state index in [2.05, 4.69) is 4.74 Å². The molecule has 0 bridgehead atoms. The fourth-order valence-electron chi connectivity index (χ4n) is 1.58. The Morgan fingerprint density at radius 3 is 2.21 bits per heavy atom. The van der Waals surface area contributed by atoms with Gasteiger partial charge in [-0.25, -0.2) is 4.79 Å². The molecule has 0 fully saturated rings. The number of Topliss-reactive ketones (excluding diaryl/α,β-unsaturated/α-hetero) is 1. The summed E-state index contributed by atoms with van der Waals surface area (Å²) in [6.07, 6.45) is 1.06. The Kier molecular flexibility index (Phi) is 5.15. The fourth-order valence-corrected chi connectivity index (χ4v) is 1.58. The molecule has 19 heavy (non-hydrogen) atoms. The molecule has 0 aliphatic carbocycles. The third kappa shape index (κ3) is 3.59. The Morgan fingerprint density at radius 1 is 1.16 bits per heavy atom. The molecule has 0 aliphatic heterocycles. The lowest BCUT2D eigenvalue weighted by Gasteiger charge is -2.15. The Labute approximate surface area is 110 Å². The molecule has 1 aromatic rings. The fraction of sp³-hybridized carbons (Fsp3) is 0.429. The summed E-state index contributed by atoms with van der Waals surface area (Å²) in [5, 5.41) is 0. The van der Waals surface area contributed by atoms with Crippen LogP contribution in [0.5, 0.6) is 0 Å². The number of carbonyl (C=O) groups excluding carboxylic acids is 2. The first-order chi connectivity index (χ1) is 8.93. The number of hydrogen-bond donors (Lipinski definition) is 0. The molecule has 0 N–H and O–H groups in total.